The molecule has 0 fully saturated rings. The molecule has 1 heterocycles. The van der Waals surface area contributed by atoms with Crippen LogP contribution in [0.2, 0.25) is 0 Å². The van der Waals surface area contributed by atoms with Crippen molar-refractivity contribution in [1.29, 1.82) is 5.26 Å². The quantitative estimate of drug-likeness (QED) is 0.881. The van der Waals surface area contributed by atoms with E-state index in [2.05, 4.69) is 59.4 Å². The summed E-state index contributed by atoms with van der Waals surface area (Å²) < 4.78 is 0. The molecule has 2 aromatic rings. The van der Waals surface area contributed by atoms with Crippen LogP contribution in [0.5, 0.6) is 0 Å². The number of hydrogen-bond acceptors (Lipinski definition) is 4. The van der Waals surface area contributed by atoms with Gasteiger partial charge in [0.25, 0.3) is 0 Å². The van der Waals surface area contributed by atoms with Gasteiger partial charge in [0.15, 0.2) is 0 Å². The molecule has 0 radical (unpaired) electrons. The number of rotatable bonds is 6. The Morgan fingerprint density at radius 2 is 1.86 bits per heavy atom. The lowest BCUT2D eigenvalue weighted by Gasteiger charge is -2.21. The van der Waals surface area contributed by atoms with Crippen LogP contribution in [0.1, 0.15) is 25.1 Å². The van der Waals surface area contributed by atoms with Crippen LogP contribution >= 0.6 is 0 Å². The highest BCUT2D eigenvalue weighted by molar-refractivity contribution is 5.55. The molecule has 0 spiro atoms. The molecule has 0 bridgehead atoms. The molecule has 1 N–H and O–H groups in total. The topological polar surface area (TPSA) is 52.0 Å². The highest BCUT2D eigenvalue weighted by atomic mass is 15.1. The maximum atomic E-state index is 8.84. The lowest BCUT2D eigenvalue weighted by Crippen LogP contribution is -2.21. The first-order chi connectivity index (χ1) is 10.3. The highest BCUT2D eigenvalue weighted by Gasteiger charge is 2.01. The van der Waals surface area contributed by atoms with E-state index in [0.717, 1.165) is 24.3 Å². The third-order valence-corrected chi connectivity index (χ3v) is 3.43. The summed E-state index contributed by atoms with van der Waals surface area (Å²) in [5.74, 6) is 0. The number of nitriles is 1. The van der Waals surface area contributed by atoms with E-state index in [-0.39, 0.29) is 0 Å². The standard InChI is InChI=1S/C17H20N4/c1-3-21(4-2)17-7-5-15(6-8-17)20-13-14-9-10-19-16(11-14)12-18/h5-11,20H,3-4,13H2,1-2H3. The minimum atomic E-state index is 0.450. The van der Waals surface area contributed by atoms with Crippen molar-refractivity contribution < 1.29 is 0 Å². The molecule has 21 heavy (non-hydrogen) atoms. The lowest BCUT2D eigenvalue weighted by molar-refractivity contribution is 0.866. The number of nitrogens with zero attached hydrogens (tertiary/aromatic N) is 3. The van der Waals surface area contributed by atoms with Crippen molar-refractivity contribution >= 4 is 11.4 Å². The Morgan fingerprint density at radius 1 is 1.14 bits per heavy atom. The Kier molecular flexibility index (Phi) is 5.16. The Morgan fingerprint density at radius 3 is 2.48 bits per heavy atom. The van der Waals surface area contributed by atoms with Crippen molar-refractivity contribution in [2.24, 2.45) is 0 Å². The number of hydrogen-bond donors (Lipinski definition) is 1. The zero-order chi connectivity index (χ0) is 15.1. The van der Waals surface area contributed by atoms with Crippen LogP contribution in [0, 0.1) is 11.3 Å². The van der Waals surface area contributed by atoms with Crippen molar-refractivity contribution in [3.05, 3.63) is 53.9 Å². The Labute approximate surface area is 126 Å². The molecule has 1 aromatic heterocycles. The summed E-state index contributed by atoms with van der Waals surface area (Å²) in [5.41, 5.74) is 3.81. The van der Waals surface area contributed by atoms with Gasteiger partial charge in [0.1, 0.15) is 11.8 Å². The van der Waals surface area contributed by atoms with Crippen molar-refractivity contribution in [2.45, 2.75) is 20.4 Å². The molecule has 4 nitrogen and oxygen atoms in total. The predicted octanol–water partition coefficient (Wildman–Crippen LogP) is 3.41. The van der Waals surface area contributed by atoms with Crippen molar-refractivity contribution in [3.8, 4) is 6.07 Å². The second-order valence-electron chi connectivity index (χ2n) is 4.73. The van der Waals surface area contributed by atoms with Gasteiger partial charge in [0.2, 0.25) is 0 Å². The summed E-state index contributed by atoms with van der Waals surface area (Å²) >= 11 is 0. The van der Waals surface area contributed by atoms with Gasteiger partial charge >= 0.3 is 0 Å². The molecule has 0 unspecified atom stereocenters. The third-order valence-electron chi connectivity index (χ3n) is 3.43. The number of pyridine rings is 1. The lowest BCUT2D eigenvalue weighted by atomic mass is 10.2. The average molecular weight is 280 g/mol. The molecule has 0 aliphatic heterocycles. The van der Waals surface area contributed by atoms with Gasteiger partial charge in [-0.15, -0.1) is 0 Å². The summed E-state index contributed by atoms with van der Waals surface area (Å²) in [6.07, 6.45) is 1.67. The molecule has 0 amide bonds. The molecule has 0 saturated heterocycles. The number of aromatic nitrogens is 1. The molecule has 4 heteroatoms. The van der Waals surface area contributed by atoms with Crippen LogP contribution in [0.25, 0.3) is 0 Å². The Bertz CT molecular complexity index is 609. The summed E-state index contributed by atoms with van der Waals surface area (Å²) in [5, 5.41) is 12.2. The summed E-state index contributed by atoms with van der Waals surface area (Å²) in [6, 6.07) is 14.2. The van der Waals surface area contributed by atoms with E-state index in [1.54, 1.807) is 12.3 Å². The first-order valence-electron chi connectivity index (χ1n) is 7.20. The first kappa shape index (κ1) is 14.9. The highest BCUT2D eigenvalue weighted by Crippen LogP contribution is 2.18. The molecule has 0 aliphatic rings. The van der Waals surface area contributed by atoms with Crippen LogP contribution in [0.3, 0.4) is 0 Å². The number of nitrogens with one attached hydrogen (secondary N) is 1. The average Bonchev–Trinajstić information content (AvgIpc) is 2.55. The second kappa shape index (κ2) is 7.30. The normalized spacial score (nSPS) is 9.95. The number of benzene rings is 1. The summed E-state index contributed by atoms with van der Waals surface area (Å²) in [7, 11) is 0. The molecular formula is C17H20N4. The van der Waals surface area contributed by atoms with E-state index < -0.39 is 0 Å². The van der Waals surface area contributed by atoms with Gasteiger partial charge in [-0.25, -0.2) is 4.98 Å². The smallest absolute Gasteiger partial charge is 0.140 e. The Hall–Kier alpha value is -2.54. The molecule has 0 atom stereocenters. The van der Waals surface area contributed by atoms with E-state index in [4.69, 9.17) is 5.26 Å². The van der Waals surface area contributed by atoms with E-state index >= 15 is 0 Å². The SMILES string of the molecule is CCN(CC)c1ccc(NCc2ccnc(C#N)c2)cc1. The summed E-state index contributed by atoms with van der Waals surface area (Å²) in [6.45, 7) is 7.02. The van der Waals surface area contributed by atoms with Crippen molar-refractivity contribution in [2.75, 3.05) is 23.3 Å². The number of anilines is 2. The van der Waals surface area contributed by atoms with Gasteiger partial charge in [-0.2, -0.15) is 5.26 Å². The van der Waals surface area contributed by atoms with Crippen LogP contribution in [-0.2, 0) is 6.54 Å². The molecular weight excluding hydrogens is 260 g/mol. The zero-order valence-electron chi connectivity index (χ0n) is 12.5. The van der Waals surface area contributed by atoms with Crippen LogP contribution in [-0.4, -0.2) is 18.1 Å². The second-order valence-corrected chi connectivity index (χ2v) is 4.73. The first-order valence-corrected chi connectivity index (χ1v) is 7.20. The van der Waals surface area contributed by atoms with Gasteiger partial charge in [0.05, 0.1) is 0 Å². The molecule has 2 rings (SSSR count). The van der Waals surface area contributed by atoms with Crippen LogP contribution in [0.4, 0.5) is 11.4 Å². The fraction of sp³-hybridized carbons (Fsp3) is 0.294. The van der Waals surface area contributed by atoms with Gasteiger partial charge in [-0.1, -0.05) is 0 Å². The van der Waals surface area contributed by atoms with E-state index in [1.807, 2.05) is 6.07 Å². The molecule has 0 aliphatic carbocycles. The van der Waals surface area contributed by atoms with E-state index in [0.29, 0.717) is 12.2 Å². The van der Waals surface area contributed by atoms with Gasteiger partial charge in [0, 0.05) is 37.2 Å². The van der Waals surface area contributed by atoms with Crippen molar-refractivity contribution in [1.82, 2.24) is 4.98 Å². The fourth-order valence-electron chi connectivity index (χ4n) is 2.23. The van der Waals surface area contributed by atoms with Gasteiger partial charge in [-0.05, 0) is 55.8 Å². The maximum absolute atomic E-state index is 8.84. The van der Waals surface area contributed by atoms with Crippen molar-refractivity contribution in [3.63, 3.8) is 0 Å². The van der Waals surface area contributed by atoms with E-state index in [9.17, 15) is 0 Å². The zero-order valence-corrected chi connectivity index (χ0v) is 12.5. The summed E-state index contributed by atoms with van der Waals surface area (Å²) in [4.78, 5) is 6.28. The molecule has 108 valence electrons. The monoisotopic (exact) mass is 280 g/mol. The van der Waals surface area contributed by atoms with Crippen LogP contribution in [0.15, 0.2) is 42.6 Å². The minimum absolute atomic E-state index is 0.450. The van der Waals surface area contributed by atoms with Gasteiger partial charge in [-0.3, -0.25) is 0 Å². The van der Waals surface area contributed by atoms with E-state index in [1.165, 1.54) is 5.69 Å². The van der Waals surface area contributed by atoms with Gasteiger partial charge < -0.3 is 10.2 Å². The molecule has 1 aromatic carbocycles. The fourth-order valence-corrected chi connectivity index (χ4v) is 2.23. The van der Waals surface area contributed by atoms with Crippen LogP contribution < -0.4 is 10.2 Å². The minimum Gasteiger partial charge on any atom is -0.381 e. The largest absolute Gasteiger partial charge is 0.381 e. The molecule has 0 saturated carbocycles. The third kappa shape index (κ3) is 3.96. The predicted molar refractivity (Wildman–Crippen MR) is 86.3 cm³/mol. The Balaban J connectivity index is 1.99. The maximum Gasteiger partial charge on any atom is 0.140 e.